The number of hydrogen-bond donors (Lipinski definition) is 7. The van der Waals surface area contributed by atoms with Crippen LogP contribution in [0, 0.1) is 10.8 Å². The van der Waals surface area contributed by atoms with Gasteiger partial charge in [0.1, 0.15) is 16.3 Å². The monoisotopic (exact) mass is 855 g/mol. The van der Waals surface area contributed by atoms with Crippen LogP contribution in [0.4, 0.5) is 35.2 Å². The zero-order valence-corrected chi connectivity index (χ0v) is 32.0. The standard InChI is InChI=1S/C32H27Cl2N13O8S2/c33-27-40-29(44-31(41-27)39-19-3-1-2-15-14-21(57(51,52)53)24(36)26(49)22(15)19)37-6-7-46-8-10-47(11-9-46)32-43-28(34)42-30(45-32)38-17-4-5-18-16(12-17)13-20(56-55-54-50)23(35)25(18)48/h1-5,12-14,35-36,50H,6-11H2,(H,51,52,53)(H,38,42,43,45)(H2,37,39,40,41,44). The van der Waals surface area contributed by atoms with Crippen molar-refractivity contribution in [3.63, 3.8) is 0 Å². The molecule has 1 fully saturated rings. The SMILES string of the molecule is N=C1C(=O)c2ccc(Nc3nc(Cl)nc(N4CCN(CCNc5nc(Cl)nc(Nc6cccc7c6C(=O)C(=N)C(S(=O)(=O)O)=C7)n5)CC4)n3)cc2C=C1SOOO. The van der Waals surface area contributed by atoms with Gasteiger partial charge >= 0.3 is 0 Å². The van der Waals surface area contributed by atoms with E-state index in [2.05, 4.69) is 60.1 Å². The molecule has 0 amide bonds. The number of hydrogen-bond acceptors (Lipinski definition) is 21. The quantitative estimate of drug-likeness (QED) is 0.0430. The fourth-order valence-electron chi connectivity index (χ4n) is 6.01. The topological polar surface area (TPSA) is 295 Å². The van der Waals surface area contributed by atoms with Crippen LogP contribution in [0.15, 0.2) is 46.2 Å². The maximum absolute atomic E-state index is 13.0. The maximum atomic E-state index is 13.0. The largest absolute Gasteiger partial charge is 0.353 e. The number of halogens is 2. The number of rotatable bonds is 13. The van der Waals surface area contributed by atoms with Crippen molar-refractivity contribution in [2.24, 2.45) is 0 Å². The molecule has 1 saturated heterocycles. The van der Waals surface area contributed by atoms with Crippen LogP contribution in [0.5, 0.6) is 0 Å². The first-order valence-corrected chi connectivity index (χ1v) is 19.4. The summed E-state index contributed by atoms with van der Waals surface area (Å²) >= 11 is 13.0. The first-order valence-electron chi connectivity index (χ1n) is 16.5. The third kappa shape index (κ3) is 8.90. The highest BCUT2D eigenvalue weighted by Crippen LogP contribution is 2.33. The predicted molar refractivity (Wildman–Crippen MR) is 210 cm³/mol. The van der Waals surface area contributed by atoms with Crippen LogP contribution < -0.4 is 20.9 Å². The van der Waals surface area contributed by atoms with E-state index in [1.807, 2.05) is 4.90 Å². The number of anilines is 6. The van der Waals surface area contributed by atoms with Gasteiger partial charge in [-0.25, -0.2) is 5.26 Å². The summed E-state index contributed by atoms with van der Waals surface area (Å²) in [5.74, 6) is -0.756. The Morgan fingerprint density at radius 1 is 0.842 bits per heavy atom. The van der Waals surface area contributed by atoms with Crippen molar-refractivity contribution in [2.45, 2.75) is 0 Å². The fraction of sp³-hybridized carbons (Fsp3) is 0.188. The number of carbonyl (C=O) groups excluding carboxylic acids is 2. The van der Waals surface area contributed by atoms with Crippen molar-refractivity contribution in [1.29, 1.82) is 10.8 Å². The lowest BCUT2D eigenvalue weighted by Crippen LogP contribution is -2.48. The summed E-state index contributed by atoms with van der Waals surface area (Å²) in [7, 11) is -4.79. The molecule has 4 aromatic rings. The lowest BCUT2D eigenvalue weighted by molar-refractivity contribution is -0.431. The number of nitrogens with zero attached hydrogens (tertiary/aromatic N) is 8. The summed E-state index contributed by atoms with van der Waals surface area (Å²) in [6.07, 6.45) is 2.59. The molecule has 21 nitrogen and oxygen atoms in total. The van der Waals surface area contributed by atoms with E-state index in [1.165, 1.54) is 12.1 Å². The zero-order valence-electron chi connectivity index (χ0n) is 28.9. The summed E-state index contributed by atoms with van der Waals surface area (Å²) in [4.78, 5) is 54.7. The number of aromatic nitrogens is 6. The van der Waals surface area contributed by atoms with Crippen molar-refractivity contribution in [1.82, 2.24) is 34.8 Å². The molecular weight excluding hydrogens is 829 g/mol. The molecule has 25 heteroatoms. The van der Waals surface area contributed by atoms with E-state index in [4.69, 9.17) is 39.3 Å². The van der Waals surface area contributed by atoms with Crippen LogP contribution in [0.3, 0.4) is 0 Å². The van der Waals surface area contributed by atoms with Crippen molar-refractivity contribution in [3.05, 3.63) is 79.0 Å². The van der Waals surface area contributed by atoms with Gasteiger partial charge in [0.05, 0.1) is 28.2 Å². The van der Waals surface area contributed by atoms with E-state index in [9.17, 15) is 22.6 Å². The molecule has 0 spiro atoms. The Labute approximate surface area is 336 Å². The van der Waals surface area contributed by atoms with Crippen LogP contribution in [0.1, 0.15) is 31.8 Å². The first kappa shape index (κ1) is 39.7. The molecule has 7 rings (SSSR count). The third-order valence-corrected chi connectivity index (χ3v) is 10.5. The van der Waals surface area contributed by atoms with Gasteiger partial charge in [-0.3, -0.25) is 29.9 Å². The Morgan fingerprint density at radius 3 is 2.30 bits per heavy atom. The molecule has 0 radical (unpaired) electrons. The lowest BCUT2D eigenvalue weighted by atomic mass is 9.93. The van der Waals surface area contributed by atoms with Gasteiger partial charge in [0.25, 0.3) is 10.1 Å². The van der Waals surface area contributed by atoms with Crippen molar-refractivity contribution in [2.75, 3.05) is 60.1 Å². The number of nitrogens with one attached hydrogen (secondary N) is 5. The van der Waals surface area contributed by atoms with Crippen LogP contribution in [0.2, 0.25) is 10.6 Å². The van der Waals surface area contributed by atoms with Gasteiger partial charge in [-0.05, 0) is 70.7 Å². The van der Waals surface area contributed by atoms with E-state index in [0.29, 0.717) is 74.1 Å². The average molecular weight is 857 g/mol. The van der Waals surface area contributed by atoms with Gasteiger partial charge in [-0.2, -0.15) is 38.3 Å². The van der Waals surface area contributed by atoms with Crippen molar-refractivity contribution >= 4 is 116 Å². The molecule has 0 saturated carbocycles. The Hall–Kier alpha value is -5.50. The smallest absolute Gasteiger partial charge is 0.296 e. The second-order valence-corrected chi connectivity index (χ2v) is 15.0. The van der Waals surface area contributed by atoms with Gasteiger partial charge < -0.3 is 20.9 Å². The van der Waals surface area contributed by atoms with E-state index in [0.717, 1.165) is 6.08 Å². The summed E-state index contributed by atoms with van der Waals surface area (Å²) in [6, 6.07) is 9.43. The number of allylic oxidation sites excluding steroid dienone is 2. The summed E-state index contributed by atoms with van der Waals surface area (Å²) in [6.45, 7) is 3.48. The number of carbonyl (C=O) groups is 2. The van der Waals surface area contributed by atoms with Crippen molar-refractivity contribution < 1.29 is 37.2 Å². The van der Waals surface area contributed by atoms with Crippen LogP contribution in [-0.2, 0) is 19.5 Å². The number of piperazine rings is 1. The molecule has 2 aromatic heterocycles. The highest BCUT2D eigenvalue weighted by atomic mass is 35.5. The van der Waals surface area contributed by atoms with Gasteiger partial charge in [0.15, 0.2) is 0 Å². The molecule has 2 aromatic carbocycles. The van der Waals surface area contributed by atoms with Crippen LogP contribution >= 0.6 is 35.2 Å². The molecule has 3 aliphatic rings. The number of fused-ring (bicyclic) bond motifs is 2. The average Bonchev–Trinajstić information content (AvgIpc) is 3.16. The molecule has 0 unspecified atom stereocenters. The minimum Gasteiger partial charge on any atom is -0.353 e. The van der Waals surface area contributed by atoms with E-state index < -0.39 is 32.3 Å². The van der Waals surface area contributed by atoms with Gasteiger partial charge in [-0.15, -0.1) is 4.33 Å². The molecule has 3 heterocycles. The minimum atomic E-state index is -4.79. The highest BCUT2D eigenvalue weighted by Gasteiger charge is 2.33. The molecule has 0 atom stereocenters. The maximum Gasteiger partial charge on any atom is 0.296 e. The summed E-state index contributed by atoms with van der Waals surface area (Å²) < 4.78 is 37.3. The second-order valence-electron chi connectivity index (χ2n) is 12.2. The van der Waals surface area contributed by atoms with Gasteiger partial charge in [-0.1, -0.05) is 17.2 Å². The third-order valence-electron chi connectivity index (χ3n) is 8.65. The fourth-order valence-corrected chi connectivity index (χ4v) is 7.41. The molecule has 294 valence electrons. The molecule has 1 aliphatic heterocycles. The predicted octanol–water partition coefficient (Wildman–Crippen LogP) is 4.16. The Balaban J connectivity index is 0.946. The van der Waals surface area contributed by atoms with Gasteiger partial charge in [0, 0.05) is 50.5 Å². The van der Waals surface area contributed by atoms with E-state index >= 15 is 0 Å². The molecular formula is C32H27Cl2N13O8S2. The van der Waals surface area contributed by atoms with Crippen LogP contribution in [0.25, 0.3) is 12.2 Å². The Bertz CT molecular complexity index is 2520. The first-order chi connectivity index (χ1) is 27.3. The summed E-state index contributed by atoms with van der Waals surface area (Å²) in [5.41, 5.74) is 0.520. The number of benzene rings is 2. The minimum absolute atomic E-state index is 0.00176. The molecule has 57 heavy (non-hydrogen) atoms. The molecule has 2 aliphatic carbocycles. The number of Topliss-reactive ketones (excluding diaryl/α,β-unsaturated/α-hetero) is 2. The van der Waals surface area contributed by atoms with Crippen molar-refractivity contribution in [3.8, 4) is 0 Å². The Kier molecular flexibility index (Phi) is 11.5. The van der Waals surface area contributed by atoms with Crippen LogP contribution in [-0.4, -0.2) is 115 Å². The second kappa shape index (κ2) is 16.5. The van der Waals surface area contributed by atoms with E-state index in [-0.39, 0.29) is 55.8 Å². The molecule has 7 N–H and O–H groups in total. The normalized spacial score (nSPS) is 15.8. The zero-order chi connectivity index (χ0) is 40.4. The van der Waals surface area contributed by atoms with Gasteiger partial charge in [0.2, 0.25) is 45.9 Å². The summed E-state index contributed by atoms with van der Waals surface area (Å²) in [5, 5.41) is 37.0. The molecule has 0 bridgehead atoms. The highest BCUT2D eigenvalue weighted by molar-refractivity contribution is 7.99. The Morgan fingerprint density at radius 2 is 1.56 bits per heavy atom. The van der Waals surface area contributed by atoms with E-state index in [1.54, 1.807) is 30.3 Å². The lowest BCUT2D eigenvalue weighted by Gasteiger charge is -2.34. The number of ketones is 2.